The molecule has 2 rings (SSSR count). The summed E-state index contributed by atoms with van der Waals surface area (Å²) in [6, 6.07) is 0. The van der Waals surface area contributed by atoms with E-state index in [0.717, 1.165) is 17.8 Å². The van der Waals surface area contributed by atoms with Crippen LogP contribution in [0.5, 0.6) is 0 Å². The SMILES string of the molecule is CCC(CC)c1nnc(NC(=O)c2cn(C)nn2)s1. The second-order valence-electron chi connectivity index (χ2n) is 4.19. The van der Waals surface area contributed by atoms with Gasteiger partial charge in [0.25, 0.3) is 5.91 Å². The average molecular weight is 280 g/mol. The fraction of sp³-hybridized carbons (Fsp3) is 0.545. The van der Waals surface area contributed by atoms with Gasteiger partial charge in [-0.1, -0.05) is 30.4 Å². The summed E-state index contributed by atoms with van der Waals surface area (Å²) >= 11 is 1.41. The second kappa shape index (κ2) is 5.87. The summed E-state index contributed by atoms with van der Waals surface area (Å²) in [4.78, 5) is 11.9. The summed E-state index contributed by atoms with van der Waals surface area (Å²) in [6.45, 7) is 4.24. The normalized spacial score (nSPS) is 10.9. The molecule has 0 aliphatic rings. The molecule has 0 saturated heterocycles. The van der Waals surface area contributed by atoms with E-state index in [1.54, 1.807) is 13.2 Å². The molecule has 8 heteroatoms. The Kier molecular flexibility index (Phi) is 4.20. The van der Waals surface area contributed by atoms with Crippen molar-refractivity contribution in [1.82, 2.24) is 25.2 Å². The zero-order valence-electron chi connectivity index (χ0n) is 11.1. The van der Waals surface area contributed by atoms with Gasteiger partial charge in [0.1, 0.15) is 5.01 Å². The second-order valence-corrected chi connectivity index (χ2v) is 5.20. The molecule has 0 aliphatic heterocycles. The van der Waals surface area contributed by atoms with Crippen molar-refractivity contribution in [3.8, 4) is 0 Å². The van der Waals surface area contributed by atoms with Crippen LogP contribution < -0.4 is 5.32 Å². The fourth-order valence-electron chi connectivity index (χ4n) is 1.70. The van der Waals surface area contributed by atoms with Gasteiger partial charge in [-0.15, -0.1) is 15.3 Å². The first-order chi connectivity index (χ1) is 9.13. The molecule has 1 amide bonds. The Hall–Kier alpha value is -1.83. The molecule has 0 unspecified atom stereocenters. The van der Waals surface area contributed by atoms with Crippen LogP contribution in [0.2, 0.25) is 0 Å². The van der Waals surface area contributed by atoms with Crippen LogP contribution in [0.25, 0.3) is 0 Å². The minimum Gasteiger partial charge on any atom is -0.295 e. The number of carbonyl (C=O) groups is 1. The first-order valence-electron chi connectivity index (χ1n) is 6.15. The smallest absolute Gasteiger partial charge is 0.279 e. The molecule has 2 aromatic heterocycles. The van der Waals surface area contributed by atoms with Gasteiger partial charge in [-0.2, -0.15) is 0 Å². The molecule has 0 aliphatic carbocycles. The van der Waals surface area contributed by atoms with Crippen LogP contribution in [-0.4, -0.2) is 31.1 Å². The fourth-order valence-corrected chi connectivity index (χ4v) is 2.71. The van der Waals surface area contributed by atoms with Gasteiger partial charge in [-0.3, -0.25) is 14.8 Å². The van der Waals surface area contributed by atoms with Crippen LogP contribution >= 0.6 is 11.3 Å². The van der Waals surface area contributed by atoms with Gasteiger partial charge < -0.3 is 0 Å². The Morgan fingerprint density at radius 1 is 1.37 bits per heavy atom. The number of hydrogen-bond acceptors (Lipinski definition) is 6. The molecule has 1 N–H and O–H groups in total. The summed E-state index contributed by atoms with van der Waals surface area (Å²) in [6.07, 6.45) is 3.59. The summed E-state index contributed by atoms with van der Waals surface area (Å²) < 4.78 is 1.48. The Labute approximate surface area is 115 Å². The van der Waals surface area contributed by atoms with Crippen LogP contribution in [0.1, 0.15) is 48.1 Å². The van der Waals surface area contributed by atoms with Crippen LogP contribution in [-0.2, 0) is 7.05 Å². The van der Waals surface area contributed by atoms with E-state index in [9.17, 15) is 4.79 Å². The van der Waals surface area contributed by atoms with Gasteiger partial charge in [0.05, 0.1) is 6.20 Å². The van der Waals surface area contributed by atoms with Gasteiger partial charge in [0.15, 0.2) is 5.69 Å². The van der Waals surface area contributed by atoms with Crippen molar-refractivity contribution in [2.75, 3.05) is 5.32 Å². The summed E-state index contributed by atoms with van der Waals surface area (Å²) in [7, 11) is 1.71. The molecule has 0 radical (unpaired) electrons. The van der Waals surface area contributed by atoms with Gasteiger partial charge in [0.2, 0.25) is 5.13 Å². The van der Waals surface area contributed by atoms with E-state index in [1.807, 2.05) is 0 Å². The van der Waals surface area contributed by atoms with Crippen molar-refractivity contribution in [1.29, 1.82) is 0 Å². The lowest BCUT2D eigenvalue weighted by atomic mass is 10.1. The Morgan fingerprint density at radius 2 is 2.11 bits per heavy atom. The highest BCUT2D eigenvalue weighted by Crippen LogP contribution is 2.28. The van der Waals surface area contributed by atoms with Crippen molar-refractivity contribution in [2.24, 2.45) is 7.05 Å². The number of hydrogen-bond donors (Lipinski definition) is 1. The number of rotatable bonds is 5. The summed E-state index contributed by atoms with van der Waals surface area (Å²) in [5.41, 5.74) is 0.266. The lowest BCUT2D eigenvalue weighted by Crippen LogP contribution is -2.12. The monoisotopic (exact) mass is 280 g/mol. The van der Waals surface area contributed by atoms with E-state index in [1.165, 1.54) is 16.0 Å². The van der Waals surface area contributed by atoms with Crippen molar-refractivity contribution >= 4 is 22.4 Å². The molecule has 0 spiro atoms. The predicted octanol–water partition coefficient (Wildman–Crippen LogP) is 1.82. The molecule has 102 valence electrons. The Balaban J connectivity index is 2.06. The lowest BCUT2D eigenvalue weighted by Gasteiger charge is -2.05. The minimum absolute atomic E-state index is 0.266. The molecule has 7 nitrogen and oxygen atoms in total. The van der Waals surface area contributed by atoms with Crippen molar-refractivity contribution < 1.29 is 4.79 Å². The highest BCUT2D eigenvalue weighted by atomic mass is 32.1. The zero-order chi connectivity index (χ0) is 13.8. The van der Waals surface area contributed by atoms with Crippen molar-refractivity contribution in [3.05, 3.63) is 16.9 Å². The molecule has 0 aromatic carbocycles. The first kappa shape index (κ1) is 13.6. The molecular weight excluding hydrogens is 264 g/mol. The highest BCUT2D eigenvalue weighted by Gasteiger charge is 2.16. The van der Waals surface area contributed by atoms with Gasteiger partial charge >= 0.3 is 0 Å². The standard InChI is InChI=1S/C11H16N6OS/c1-4-7(5-2)10-14-15-11(19-10)12-9(18)8-6-17(3)16-13-8/h6-7H,4-5H2,1-3H3,(H,12,15,18). The molecule has 19 heavy (non-hydrogen) atoms. The number of amides is 1. The number of carbonyl (C=O) groups excluding carboxylic acids is 1. The van der Waals surface area contributed by atoms with E-state index in [-0.39, 0.29) is 11.6 Å². The Morgan fingerprint density at radius 3 is 2.68 bits per heavy atom. The maximum Gasteiger partial charge on any atom is 0.279 e. The van der Waals surface area contributed by atoms with E-state index in [4.69, 9.17) is 0 Å². The van der Waals surface area contributed by atoms with Gasteiger partial charge in [0, 0.05) is 13.0 Å². The molecule has 0 saturated carbocycles. The van der Waals surface area contributed by atoms with Crippen LogP contribution in [0.4, 0.5) is 5.13 Å². The average Bonchev–Trinajstić information content (AvgIpc) is 3.00. The van der Waals surface area contributed by atoms with Crippen molar-refractivity contribution in [3.63, 3.8) is 0 Å². The maximum atomic E-state index is 11.9. The molecule has 0 fully saturated rings. The molecular formula is C11H16N6OS. The molecule has 0 atom stereocenters. The number of aryl methyl sites for hydroxylation is 1. The van der Waals surface area contributed by atoms with Gasteiger partial charge in [-0.05, 0) is 12.8 Å². The van der Waals surface area contributed by atoms with Crippen LogP contribution in [0, 0.1) is 0 Å². The van der Waals surface area contributed by atoms with Gasteiger partial charge in [-0.25, -0.2) is 0 Å². The number of nitrogens with one attached hydrogen (secondary N) is 1. The number of nitrogens with zero attached hydrogens (tertiary/aromatic N) is 5. The van der Waals surface area contributed by atoms with E-state index >= 15 is 0 Å². The predicted molar refractivity (Wildman–Crippen MR) is 72.2 cm³/mol. The molecule has 0 bridgehead atoms. The first-order valence-corrected chi connectivity index (χ1v) is 6.96. The number of anilines is 1. The molecule has 2 aromatic rings. The minimum atomic E-state index is -0.319. The topological polar surface area (TPSA) is 85.6 Å². The third-order valence-electron chi connectivity index (χ3n) is 2.83. The Bertz CT molecular complexity index is 559. The summed E-state index contributed by atoms with van der Waals surface area (Å²) in [5, 5.41) is 19.7. The zero-order valence-corrected chi connectivity index (χ0v) is 11.9. The number of aromatic nitrogens is 5. The third kappa shape index (κ3) is 3.14. The van der Waals surface area contributed by atoms with Crippen molar-refractivity contribution in [2.45, 2.75) is 32.6 Å². The van der Waals surface area contributed by atoms with Crippen LogP contribution in [0.3, 0.4) is 0 Å². The van der Waals surface area contributed by atoms with E-state index in [0.29, 0.717) is 11.0 Å². The quantitative estimate of drug-likeness (QED) is 0.903. The van der Waals surface area contributed by atoms with Crippen LogP contribution in [0.15, 0.2) is 6.20 Å². The maximum absolute atomic E-state index is 11.9. The highest BCUT2D eigenvalue weighted by molar-refractivity contribution is 7.15. The lowest BCUT2D eigenvalue weighted by molar-refractivity contribution is 0.102. The molecule has 2 heterocycles. The van der Waals surface area contributed by atoms with E-state index < -0.39 is 0 Å². The third-order valence-corrected chi connectivity index (χ3v) is 3.83. The largest absolute Gasteiger partial charge is 0.295 e. The summed E-state index contributed by atoms with van der Waals surface area (Å²) in [5.74, 6) is 0.0833. The van der Waals surface area contributed by atoms with E-state index in [2.05, 4.69) is 39.7 Å².